The number of nitrogens with one attached hydrogen (secondary N) is 1. The van der Waals surface area contributed by atoms with Crippen molar-refractivity contribution in [1.29, 1.82) is 0 Å². The van der Waals surface area contributed by atoms with Crippen LogP contribution in [0.4, 0.5) is 0 Å². The molecular weight excluding hydrogens is 658 g/mol. The van der Waals surface area contributed by atoms with E-state index in [1.165, 1.54) is 76.7 Å². The van der Waals surface area contributed by atoms with Crippen LogP contribution in [-0.4, -0.2) is 107 Å². The monoisotopic (exact) mass is 725 g/mol. The van der Waals surface area contributed by atoms with E-state index in [0.717, 1.165) is 38.5 Å². The smallest absolute Gasteiger partial charge is 0.394 e. The fourth-order valence-electron chi connectivity index (χ4n) is 5.87. The zero-order chi connectivity index (χ0) is 36.5. The number of rotatable bonds is 30. The molecule has 0 aromatic heterocycles. The van der Waals surface area contributed by atoms with Gasteiger partial charge >= 0.3 is 10.4 Å². The molecule has 0 saturated carbocycles. The van der Waals surface area contributed by atoms with Gasteiger partial charge in [0.1, 0.15) is 30.5 Å². The van der Waals surface area contributed by atoms with Crippen LogP contribution in [0.15, 0.2) is 12.2 Å². The highest BCUT2D eigenvalue weighted by molar-refractivity contribution is 7.80. The minimum absolute atomic E-state index is 0.246. The van der Waals surface area contributed by atoms with Crippen LogP contribution in [0.1, 0.15) is 142 Å². The Balaban J connectivity index is 2.57. The molecule has 0 aliphatic carbocycles. The first-order chi connectivity index (χ1) is 23.4. The van der Waals surface area contributed by atoms with E-state index in [9.17, 15) is 38.7 Å². The molecule has 0 radical (unpaired) electrons. The summed E-state index contributed by atoms with van der Waals surface area (Å²) < 4.78 is 47.0. The average molecular weight is 726 g/mol. The van der Waals surface area contributed by atoms with E-state index in [2.05, 4.69) is 23.3 Å². The molecule has 0 aromatic carbocycles. The zero-order valence-electron chi connectivity index (χ0n) is 29.9. The molecule has 0 aromatic rings. The first-order valence-electron chi connectivity index (χ1n) is 18.7. The van der Waals surface area contributed by atoms with Crippen LogP contribution in [0, 0.1) is 0 Å². The van der Waals surface area contributed by atoms with Crippen LogP contribution in [-0.2, 0) is 28.9 Å². The summed E-state index contributed by atoms with van der Waals surface area (Å²) in [5.41, 5.74) is 0. The van der Waals surface area contributed by atoms with E-state index in [-0.39, 0.29) is 6.42 Å². The maximum Gasteiger partial charge on any atom is 0.397 e. The second kappa shape index (κ2) is 27.5. The highest BCUT2D eigenvalue weighted by Gasteiger charge is 2.48. The lowest BCUT2D eigenvalue weighted by Gasteiger charge is -2.41. The van der Waals surface area contributed by atoms with Crippen molar-refractivity contribution in [2.24, 2.45) is 0 Å². The van der Waals surface area contributed by atoms with Gasteiger partial charge in [0.25, 0.3) is 0 Å². The summed E-state index contributed by atoms with van der Waals surface area (Å²) in [6, 6.07) is -1.11. The summed E-state index contributed by atoms with van der Waals surface area (Å²) in [6.45, 7) is 3.04. The third-order valence-electron chi connectivity index (χ3n) is 8.93. The van der Waals surface area contributed by atoms with Gasteiger partial charge in [0.05, 0.1) is 25.4 Å². The Labute approximate surface area is 294 Å². The summed E-state index contributed by atoms with van der Waals surface area (Å²) >= 11 is 0. The molecule has 14 heteroatoms. The third kappa shape index (κ3) is 21.0. The van der Waals surface area contributed by atoms with Gasteiger partial charge in [-0.05, 0) is 19.3 Å². The predicted octanol–water partition coefficient (Wildman–Crippen LogP) is 4.23. The van der Waals surface area contributed by atoms with E-state index >= 15 is 0 Å². The highest BCUT2D eigenvalue weighted by Crippen LogP contribution is 2.26. The maximum absolute atomic E-state index is 12.9. The Morgan fingerprint density at radius 3 is 1.84 bits per heavy atom. The lowest BCUT2D eigenvalue weighted by molar-refractivity contribution is -0.298. The zero-order valence-corrected chi connectivity index (χ0v) is 30.7. The van der Waals surface area contributed by atoms with E-state index in [4.69, 9.17) is 14.0 Å². The van der Waals surface area contributed by atoms with Crippen LogP contribution in [0.5, 0.6) is 0 Å². The van der Waals surface area contributed by atoms with E-state index < -0.39 is 78.5 Å². The molecule has 1 aliphatic rings. The molecule has 1 rings (SSSR count). The maximum atomic E-state index is 12.9. The van der Waals surface area contributed by atoms with Crippen molar-refractivity contribution in [3.05, 3.63) is 12.2 Å². The van der Waals surface area contributed by atoms with Crippen LogP contribution >= 0.6 is 0 Å². The Kier molecular flexibility index (Phi) is 25.7. The van der Waals surface area contributed by atoms with Crippen molar-refractivity contribution in [2.75, 3.05) is 13.2 Å². The van der Waals surface area contributed by atoms with Crippen LogP contribution in [0.3, 0.4) is 0 Å². The molecule has 1 aliphatic heterocycles. The highest BCUT2D eigenvalue weighted by atomic mass is 32.3. The molecule has 1 amide bonds. The van der Waals surface area contributed by atoms with Crippen molar-refractivity contribution < 1.29 is 57.0 Å². The van der Waals surface area contributed by atoms with Crippen LogP contribution < -0.4 is 5.32 Å². The lowest BCUT2D eigenvalue weighted by atomic mass is 9.99. The average Bonchev–Trinajstić information content (AvgIpc) is 3.06. The second-order valence-corrected chi connectivity index (χ2v) is 14.4. The van der Waals surface area contributed by atoms with Gasteiger partial charge in [0.2, 0.25) is 5.91 Å². The molecule has 1 fully saturated rings. The number of carbonyl (C=O) groups excluding carboxylic acids is 1. The van der Waals surface area contributed by atoms with Crippen molar-refractivity contribution >= 4 is 16.3 Å². The molecule has 0 bridgehead atoms. The molecule has 13 nitrogen and oxygen atoms in total. The summed E-state index contributed by atoms with van der Waals surface area (Å²) in [5, 5.41) is 54.4. The number of amides is 1. The van der Waals surface area contributed by atoms with Gasteiger partial charge in [0.15, 0.2) is 6.29 Å². The summed E-state index contributed by atoms with van der Waals surface area (Å²) in [6.07, 6.45) is 13.8. The van der Waals surface area contributed by atoms with Crippen LogP contribution in [0.25, 0.3) is 0 Å². The Bertz CT molecular complexity index is 968. The molecule has 8 atom stereocenters. The molecule has 49 heavy (non-hydrogen) atoms. The molecule has 7 N–H and O–H groups in total. The van der Waals surface area contributed by atoms with Crippen molar-refractivity contribution in [3.63, 3.8) is 0 Å². The molecule has 0 spiro atoms. The topological polar surface area (TPSA) is 212 Å². The predicted molar refractivity (Wildman–Crippen MR) is 187 cm³/mol. The van der Waals surface area contributed by atoms with Gasteiger partial charge in [-0.2, -0.15) is 8.42 Å². The first-order valence-corrected chi connectivity index (χ1v) is 20.0. The number of ether oxygens (including phenoxy) is 2. The van der Waals surface area contributed by atoms with Gasteiger partial charge in [0, 0.05) is 0 Å². The van der Waals surface area contributed by atoms with Gasteiger partial charge in [-0.25, -0.2) is 4.18 Å². The van der Waals surface area contributed by atoms with Crippen molar-refractivity contribution in [2.45, 2.75) is 191 Å². The normalized spacial score (nSPS) is 23.5. The van der Waals surface area contributed by atoms with Gasteiger partial charge in [-0.15, -0.1) is 0 Å². The molecule has 290 valence electrons. The minimum atomic E-state index is -5.10. The Morgan fingerprint density at radius 1 is 0.816 bits per heavy atom. The Hall–Kier alpha value is -1.20. The fraction of sp³-hybridized carbons (Fsp3) is 0.914. The quantitative estimate of drug-likeness (QED) is 0.0315. The summed E-state index contributed by atoms with van der Waals surface area (Å²) in [5.74, 6) is -0.709. The van der Waals surface area contributed by atoms with Crippen molar-refractivity contribution in [3.8, 4) is 0 Å². The van der Waals surface area contributed by atoms with Crippen molar-refractivity contribution in [1.82, 2.24) is 5.32 Å². The number of hydrogen-bond acceptors (Lipinski definition) is 11. The number of aliphatic hydroxyl groups excluding tert-OH is 5. The standard InChI is InChI=1S/C35H67NO12S/c1-3-5-7-9-10-11-12-13-14-15-16-17-18-20-22-24-29(39)34(42)36-27(28(38)23-21-19-8-6-4-2)26-46-35-32(41)33(48-49(43,44)45)31(40)30(25-37)47-35/h21,23,27-33,35,37-41H,3-20,22,24-26H2,1-2H3,(H,36,42)(H,43,44,45)/b23-21+. The number of unbranched alkanes of at least 4 members (excludes halogenated alkanes) is 17. The molecule has 8 unspecified atom stereocenters. The number of aliphatic hydroxyl groups is 5. The second-order valence-electron chi connectivity index (χ2n) is 13.3. The van der Waals surface area contributed by atoms with Crippen LogP contribution in [0.2, 0.25) is 0 Å². The molecule has 1 saturated heterocycles. The van der Waals surface area contributed by atoms with Gasteiger partial charge in [-0.1, -0.05) is 135 Å². The SMILES string of the molecule is CCCCC/C=C/C(O)C(COC1OC(CO)C(O)C(OS(=O)(=O)O)C1O)NC(=O)C(O)CCCCCCCCCCCCCCCCC. The fourth-order valence-corrected chi connectivity index (χ4v) is 6.38. The lowest BCUT2D eigenvalue weighted by Crippen LogP contribution is -2.61. The third-order valence-corrected chi connectivity index (χ3v) is 9.39. The number of allylic oxidation sites excluding steroid dienone is 1. The minimum Gasteiger partial charge on any atom is -0.394 e. The molecule has 1 heterocycles. The summed E-state index contributed by atoms with van der Waals surface area (Å²) in [4.78, 5) is 12.9. The Morgan fingerprint density at radius 2 is 1.33 bits per heavy atom. The first kappa shape index (κ1) is 45.8. The van der Waals surface area contributed by atoms with Gasteiger partial charge in [-0.3, -0.25) is 9.35 Å². The molecular formula is C35H67NO12S. The van der Waals surface area contributed by atoms with E-state index in [1.807, 2.05) is 0 Å². The summed E-state index contributed by atoms with van der Waals surface area (Å²) in [7, 11) is -5.10. The van der Waals surface area contributed by atoms with E-state index in [1.54, 1.807) is 6.08 Å². The van der Waals surface area contributed by atoms with E-state index in [0.29, 0.717) is 12.8 Å². The largest absolute Gasteiger partial charge is 0.397 e. The number of carbonyl (C=O) groups is 1. The van der Waals surface area contributed by atoms with Gasteiger partial charge < -0.3 is 40.3 Å². The number of hydrogen-bond donors (Lipinski definition) is 7.